The molecule has 0 aromatic heterocycles. The number of nitrogens with zero attached hydrogens (tertiary/aromatic N) is 2. The number of rotatable bonds is 7. The Morgan fingerprint density at radius 2 is 1.87 bits per heavy atom. The van der Waals surface area contributed by atoms with Crippen molar-refractivity contribution in [2.24, 2.45) is 15.7 Å². The van der Waals surface area contributed by atoms with E-state index in [0.717, 1.165) is 22.4 Å². The Kier molecular flexibility index (Phi) is 8.25. The van der Waals surface area contributed by atoms with Crippen LogP contribution < -0.4 is 16.4 Å². The summed E-state index contributed by atoms with van der Waals surface area (Å²) in [7, 11) is 1.68. The molecule has 1 amide bonds. The van der Waals surface area contributed by atoms with Gasteiger partial charge in [0.15, 0.2) is 5.84 Å². The number of nitrogens with two attached hydrogens (primary N) is 1. The number of amidine groups is 1. The van der Waals surface area contributed by atoms with Crippen molar-refractivity contribution < 1.29 is 9.18 Å². The minimum Gasteiger partial charge on any atom is -0.386 e. The number of hydrogen-bond acceptors (Lipinski definition) is 4. The molecule has 0 spiro atoms. The average Bonchev–Trinajstić information content (AvgIpc) is 2.74. The summed E-state index contributed by atoms with van der Waals surface area (Å²) in [5, 5.41) is 6.03. The Balaban J connectivity index is 2.30. The Labute approximate surface area is 182 Å². The molecule has 7 heteroatoms. The second kappa shape index (κ2) is 10.9. The molecule has 2 aromatic carbocycles. The molecule has 4 N–H and O–H groups in total. The number of amides is 1. The van der Waals surface area contributed by atoms with Crippen LogP contribution in [0, 0.1) is 12.7 Å². The van der Waals surface area contributed by atoms with E-state index in [2.05, 4.69) is 20.6 Å². The van der Waals surface area contributed by atoms with E-state index in [1.807, 2.05) is 45.9 Å². The molecule has 31 heavy (non-hydrogen) atoms. The van der Waals surface area contributed by atoms with E-state index in [1.165, 1.54) is 6.07 Å². The van der Waals surface area contributed by atoms with Crippen LogP contribution in [0.3, 0.4) is 0 Å². The Bertz CT molecular complexity index is 1080. The van der Waals surface area contributed by atoms with Gasteiger partial charge in [-0.3, -0.25) is 9.79 Å². The number of halogens is 1. The monoisotopic (exact) mass is 421 g/mol. The van der Waals surface area contributed by atoms with Gasteiger partial charge in [-0.25, -0.2) is 9.38 Å². The highest BCUT2D eigenvalue weighted by atomic mass is 19.1. The van der Waals surface area contributed by atoms with Crippen molar-refractivity contribution in [1.29, 1.82) is 0 Å². The van der Waals surface area contributed by atoms with Crippen LogP contribution in [0.2, 0.25) is 0 Å². The van der Waals surface area contributed by atoms with Gasteiger partial charge in [0.25, 0.3) is 0 Å². The molecule has 0 radical (unpaired) electrons. The van der Waals surface area contributed by atoms with E-state index in [4.69, 9.17) is 5.73 Å². The maximum Gasteiger partial charge on any atom is 0.248 e. The zero-order valence-corrected chi connectivity index (χ0v) is 18.5. The summed E-state index contributed by atoms with van der Waals surface area (Å²) >= 11 is 0. The van der Waals surface area contributed by atoms with Gasteiger partial charge in [0, 0.05) is 30.7 Å². The van der Waals surface area contributed by atoms with Crippen LogP contribution in [0.15, 0.2) is 64.9 Å². The van der Waals surface area contributed by atoms with Crippen molar-refractivity contribution in [3.8, 4) is 0 Å². The second-order valence-corrected chi connectivity index (χ2v) is 6.95. The number of carbonyl (C=O) groups is 1. The predicted octanol–water partition coefficient (Wildman–Crippen LogP) is 5.14. The van der Waals surface area contributed by atoms with Crippen LogP contribution in [-0.2, 0) is 0 Å². The first-order valence-electron chi connectivity index (χ1n) is 9.82. The fourth-order valence-corrected chi connectivity index (χ4v) is 2.81. The molecule has 2 rings (SSSR count). The molecule has 162 valence electrons. The Morgan fingerprint density at radius 3 is 2.45 bits per heavy atom. The van der Waals surface area contributed by atoms with Crippen molar-refractivity contribution in [2.75, 3.05) is 17.7 Å². The number of aryl methyl sites for hydroxylation is 1. The molecule has 0 saturated heterocycles. The molecule has 0 heterocycles. The molecule has 0 atom stereocenters. The minimum absolute atomic E-state index is 0.319. The zero-order valence-electron chi connectivity index (χ0n) is 18.5. The molecular weight excluding hydrogens is 393 g/mol. The van der Waals surface area contributed by atoms with Gasteiger partial charge < -0.3 is 16.4 Å². The van der Waals surface area contributed by atoms with E-state index < -0.39 is 5.91 Å². The van der Waals surface area contributed by atoms with Crippen molar-refractivity contribution in [2.45, 2.75) is 27.7 Å². The normalized spacial score (nSPS) is 12.9. The third-order valence-corrected chi connectivity index (χ3v) is 4.60. The predicted molar refractivity (Wildman–Crippen MR) is 128 cm³/mol. The standard InChI is InChI=1S/C24H28FN5O/c1-6-11-28-24(30-19-8-9-20(23(26)31)15(2)12-19)17(4)29-14-16(3)18-7-10-22(27-5)21(25)13-18/h6-14,27H,1-5H3,(H2,26,31)(H,28,30)/b11-6-,16-14+,29-17+. The SMILES string of the molecule is C\C=C/N=C(Nc1ccc(C(N)=O)c(C)c1)\C(C)=N\C=C(/C)c1ccc(NC)c(F)c1. The van der Waals surface area contributed by atoms with Crippen LogP contribution in [-0.4, -0.2) is 24.5 Å². The molecule has 0 saturated carbocycles. The quantitative estimate of drug-likeness (QED) is 0.427. The highest BCUT2D eigenvalue weighted by Gasteiger charge is 2.09. The molecule has 0 aliphatic carbocycles. The number of aliphatic imine (C=N–C) groups is 2. The van der Waals surface area contributed by atoms with E-state index >= 15 is 0 Å². The van der Waals surface area contributed by atoms with E-state index in [0.29, 0.717) is 22.8 Å². The van der Waals surface area contributed by atoms with E-state index in [1.54, 1.807) is 37.6 Å². The second-order valence-electron chi connectivity index (χ2n) is 6.95. The molecule has 0 aliphatic heterocycles. The summed E-state index contributed by atoms with van der Waals surface area (Å²) in [6.07, 6.45) is 5.15. The highest BCUT2D eigenvalue weighted by molar-refractivity contribution is 6.45. The van der Waals surface area contributed by atoms with Gasteiger partial charge in [0.1, 0.15) is 5.82 Å². The van der Waals surface area contributed by atoms with Gasteiger partial charge in [-0.2, -0.15) is 0 Å². The maximum atomic E-state index is 14.0. The number of hydrogen-bond donors (Lipinski definition) is 3. The highest BCUT2D eigenvalue weighted by Crippen LogP contribution is 2.21. The summed E-state index contributed by atoms with van der Waals surface area (Å²) in [4.78, 5) is 20.4. The third kappa shape index (κ3) is 6.37. The number of carbonyl (C=O) groups excluding carboxylic acids is 1. The molecule has 0 fully saturated rings. The van der Waals surface area contributed by atoms with Crippen LogP contribution in [0.25, 0.3) is 5.57 Å². The first-order valence-corrected chi connectivity index (χ1v) is 9.82. The summed E-state index contributed by atoms with van der Waals surface area (Å²) in [5.41, 5.74) is 10.0. The molecule has 2 aromatic rings. The molecular formula is C24H28FN5O. The smallest absolute Gasteiger partial charge is 0.248 e. The van der Waals surface area contributed by atoms with Gasteiger partial charge in [0.05, 0.1) is 11.4 Å². The fourth-order valence-electron chi connectivity index (χ4n) is 2.81. The summed E-state index contributed by atoms with van der Waals surface area (Å²) in [5.74, 6) is -0.241. The van der Waals surface area contributed by atoms with Crippen molar-refractivity contribution in [3.05, 3.63) is 77.4 Å². The lowest BCUT2D eigenvalue weighted by atomic mass is 10.1. The van der Waals surface area contributed by atoms with Crippen LogP contribution >= 0.6 is 0 Å². The van der Waals surface area contributed by atoms with Crippen LogP contribution in [0.5, 0.6) is 0 Å². The number of allylic oxidation sites excluding steroid dienone is 2. The minimum atomic E-state index is -0.468. The van der Waals surface area contributed by atoms with Crippen molar-refractivity contribution in [3.63, 3.8) is 0 Å². The lowest BCUT2D eigenvalue weighted by Gasteiger charge is -2.11. The Morgan fingerprint density at radius 1 is 1.13 bits per heavy atom. The fraction of sp³-hybridized carbons (Fsp3) is 0.208. The Hall–Kier alpha value is -3.74. The van der Waals surface area contributed by atoms with Crippen LogP contribution in [0.1, 0.15) is 42.3 Å². The molecule has 6 nitrogen and oxygen atoms in total. The first kappa shape index (κ1) is 23.5. The lowest BCUT2D eigenvalue weighted by Crippen LogP contribution is -2.21. The largest absolute Gasteiger partial charge is 0.386 e. The zero-order chi connectivity index (χ0) is 23.0. The number of nitrogens with one attached hydrogen (secondary N) is 2. The first-order chi connectivity index (χ1) is 14.8. The summed E-state index contributed by atoms with van der Waals surface area (Å²) in [6, 6.07) is 10.3. The van der Waals surface area contributed by atoms with Gasteiger partial charge in [-0.05, 0) is 74.7 Å². The molecule has 0 bridgehead atoms. The van der Waals surface area contributed by atoms with Crippen molar-refractivity contribution >= 4 is 34.4 Å². The van der Waals surface area contributed by atoms with Gasteiger partial charge in [-0.15, -0.1) is 0 Å². The molecule has 0 unspecified atom stereocenters. The average molecular weight is 422 g/mol. The van der Waals surface area contributed by atoms with Gasteiger partial charge >= 0.3 is 0 Å². The third-order valence-electron chi connectivity index (χ3n) is 4.60. The maximum absolute atomic E-state index is 14.0. The topological polar surface area (TPSA) is 91.9 Å². The van der Waals surface area contributed by atoms with Crippen molar-refractivity contribution in [1.82, 2.24) is 0 Å². The van der Waals surface area contributed by atoms with Crippen LogP contribution in [0.4, 0.5) is 15.8 Å². The molecule has 0 aliphatic rings. The van der Waals surface area contributed by atoms with Gasteiger partial charge in [-0.1, -0.05) is 12.1 Å². The number of anilines is 2. The van der Waals surface area contributed by atoms with E-state index in [-0.39, 0.29) is 5.82 Å². The summed E-state index contributed by atoms with van der Waals surface area (Å²) in [6.45, 7) is 7.38. The van der Waals surface area contributed by atoms with E-state index in [9.17, 15) is 9.18 Å². The lowest BCUT2D eigenvalue weighted by molar-refractivity contribution is 0.0999. The number of primary amides is 1. The van der Waals surface area contributed by atoms with Gasteiger partial charge in [0.2, 0.25) is 5.91 Å². The number of benzene rings is 2. The summed E-state index contributed by atoms with van der Waals surface area (Å²) < 4.78 is 14.0.